The molecule has 0 bridgehead atoms. The fourth-order valence-electron chi connectivity index (χ4n) is 1.63. The molecule has 0 aliphatic carbocycles. The Bertz CT molecular complexity index is 404. The number of hydrogen-bond acceptors (Lipinski definition) is 3. The lowest BCUT2D eigenvalue weighted by Gasteiger charge is -2.15. The number of ether oxygens (including phenoxy) is 1. The summed E-state index contributed by atoms with van der Waals surface area (Å²) in [6.45, 7) is 5.95. The highest BCUT2D eigenvalue weighted by Gasteiger charge is 2.14. The minimum atomic E-state index is -0.531. The second kappa shape index (κ2) is 5.66. The fraction of sp³-hybridized carbons (Fsp3) is 0.462. The van der Waals surface area contributed by atoms with Crippen LogP contribution < -0.4 is 5.73 Å². The lowest BCUT2D eigenvalue weighted by Crippen LogP contribution is -2.17. The van der Waals surface area contributed by atoms with Crippen molar-refractivity contribution in [3.63, 3.8) is 0 Å². The third-order valence-electron chi connectivity index (χ3n) is 2.34. The smallest absolute Gasteiger partial charge is 0.338 e. The van der Waals surface area contributed by atoms with Gasteiger partial charge in [0.25, 0.3) is 0 Å². The second-order valence-electron chi connectivity index (χ2n) is 4.58. The molecular weight excluding hydrogens is 221 g/mol. The monoisotopic (exact) mass is 239 g/mol. The summed E-state index contributed by atoms with van der Waals surface area (Å²) >= 11 is 0. The summed E-state index contributed by atoms with van der Waals surface area (Å²) in [6.07, 6.45) is 0.636. The van der Waals surface area contributed by atoms with Gasteiger partial charge in [0.2, 0.25) is 0 Å². The zero-order valence-electron chi connectivity index (χ0n) is 10.4. The molecule has 3 nitrogen and oxygen atoms in total. The van der Waals surface area contributed by atoms with E-state index in [1.54, 1.807) is 0 Å². The molecule has 0 saturated carbocycles. The Kier molecular flexibility index (Phi) is 4.49. The topological polar surface area (TPSA) is 52.3 Å². The van der Waals surface area contributed by atoms with Crippen molar-refractivity contribution in [2.45, 2.75) is 33.3 Å². The number of hydrogen-bond donors (Lipinski definition) is 1. The van der Waals surface area contributed by atoms with E-state index in [1.165, 1.54) is 18.2 Å². The van der Waals surface area contributed by atoms with Crippen LogP contribution in [0.3, 0.4) is 0 Å². The predicted molar refractivity (Wildman–Crippen MR) is 65.1 cm³/mol. The highest BCUT2D eigenvalue weighted by molar-refractivity contribution is 5.90. The molecule has 4 heteroatoms. The van der Waals surface area contributed by atoms with Crippen LogP contribution in [0.2, 0.25) is 0 Å². The minimum Gasteiger partial charge on any atom is -0.459 e. The zero-order valence-corrected chi connectivity index (χ0v) is 10.4. The van der Waals surface area contributed by atoms with Crippen LogP contribution in [-0.2, 0) is 4.74 Å². The molecule has 0 spiro atoms. The first-order valence-corrected chi connectivity index (χ1v) is 5.66. The van der Waals surface area contributed by atoms with E-state index in [4.69, 9.17) is 10.5 Å². The molecule has 0 saturated heterocycles. The maximum absolute atomic E-state index is 12.9. The molecule has 1 atom stereocenters. The van der Waals surface area contributed by atoms with Gasteiger partial charge in [-0.05, 0) is 37.5 Å². The van der Waals surface area contributed by atoms with Gasteiger partial charge in [-0.1, -0.05) is 13.8 Å². The molecular formula is C13H18FNO2. The Morgan fingerprint density at radius 2 is 2.06 bits per heavy atom. The maximum atomic E-state index is 12.9. The molecule has 1 aromatic carbocycles. The van der Waals surface area contributed by atoms with Gasteiger partial charge in [0.15, 0.2) is 0 Å². The average molecular weight is 239 g/mol. The molecule has 1 aromatic rings. The summed E-state index contributed by atoms with van der Waals surface area (Å²) in [5.41, 5.74) is 5.62. The van der Waals surface area contributed by atoms with Crippen molar-refractivity contribution in [1.29, 1.82) is 0 Å². The zero-order chi connectivity index (χ0) is 13.0. The van der Waals surface area contributed by atoms with Crippen LogP contribution in [0, 0.1) is 11.7 Å². The molecule has 17 heavy (non-hydrogen) atoms. The molecule has 0 amide bonds. The van der Waals surface area contributed by atoms with Gasteiger partial charge in [0.1, 0.15) is 5.82 Å². The highest BCUT2D eigenvalue weighted by atomic mass is 19.1. The summed E-state index contributed by atoms with van der Waals surface area (Å²) in [7, 11) is 0. The predicted octanol–water partition coefficient (Wildman–Crippen LogP) is 3.00. The minimum absolute atomic E-state index is 0.0454. The van der Waals surface area contributed by atoms with Crippen molar-refractivity contribution in [2.24, 2.45) is 5.92 Å². The Labute approximate surface area is 101 Å². The van der Waals surface area contributed by atoms with E-state index in [0.717, 1.165) is 6.42 Å². The molecule has 2 N–H and O–H groups in total. The van der Waals surface area contributed by atoms with Crippen molar-refractivity contribution in [3.8, 4) is 0 Å². The first kappa shape index (κ1) is 13.5. The molecule has 1 rings (SSSR count). The summed E-state index contributed by atoms with van der Waals surface area (Å²) < 4.78 is 18.1. The van der Waals surface area contributed by atoms with Gasteiger partial charge >= 0.3 is 5.97 Å². The van der Waals surface area contributed by atoms with Crippen LogP contribution in [0.1, 0.15) is 37.6 Å². The van der Waals surface area contributed by atoms with E-state index in [0.29, 0.717) is 5.92 Å². The fourth-order valence-corrected chi connectivity index (χ4v) is 1.63. The SMILES string of the molecule is CC(C)CC(C)OC(=O)c1ccc(F)c(N)c1. The molecule has 0 radical (unpaired) electrons. The van der Waals surface area contributed by atoms with E-state index >= 15 is 0 Å². The standard InChI is InChI=1S/C13H18FNO2/c1-8(2)6-9(3)17-13(16)10-4-5-11(14)12(15)7-10/h4-5,7-9H,6,15H2,1-3H3. The molecule has 0 aliphatic rings. The van der Waals surface area contributed by atoms with Gasteiger partial charge in [-0.3, -0.25) is 0 Å². The van der Waals surface area contributed by atoms with Gasteiger partial charge in [0.05, 0.1) is 17.4 Å². The van der Waals surface area contributed by atoms with Crippen LogP contribution >= 0.6 is 0 Å². The van der Waals surface area contributed by atoms with Crippen molar-refractivity contribution in [1.82, 2.24) is 0 Å². The second-order valence-corrected chi connectivity index (χ2v) is 4.58. The molecule has 94 valence electrons. The number of nitrogen functional groups attached to an aromatic ring is 1. The maximum Gasteiger partial charge on any atom is 0.338 e. The van der Waals surface area contributed by atoms with Crippen LogP contribution in [0.25, 0.3) is 0 Å². The Hall–Kier alpha value is -1.58. The van der Waals surface area contributed by atoms with Crippen molar-refractivity contribution in [3.05, 3.63) is 29.6 Å². The van der Waals surface area contributed by atoms with E-state index in [9.17, 15) is 9.18 Å². The third-order valence-corrected chi connectivity index (χ3v) is 2.34. The molecule has 0 heterocycles. The Morgan fingerprint density at radius 1 is 1.41 bits per heavy atom. The summed E-state index contributed by atoms with van der Waals surface area (Å²) in [4.78, 5) is 11.7. The Balaban J connectivity index is 2.66. The number of carbonyl (C=O) groups excluding carboxylic acids is 1. The number of benzene rings is 1. The highest BCUT2D eigenvalue weighted by Crippen LogP contribution is 2.15. The quantitative estimate of drug-likeness (QED) is 0.649. The van der Waals surface area contributed by atoms with Gasteiger partial charge in [0, 0.05) is 0 Å². The molecule has 0 aromatic heterocycles. The normalized spacial score (nSPS) is 12.5. The lowest BCUT2D eigenvalue weighted by atomic mass is 10.1. The van der Waals surface area contributed by atoms with E-state index in [1.807, 2.05) is 6.92 Å². The third kappa shape index (κ3) is 4.06. The van der Waals surface area contributed by atoms with E-state index < -0.39 is 11.8 Å². The van der Waals surface area contributed by atoms with Crippen molar-refractivity contribution < 1.29 is 13.9 Å². The lowest BCUT2D eigenvalue weighted by molar-refractivity contribution is 0.0299. The number of rotatable bonds is 4. The number of anilines is 1. The van der Waals surface area contributed by atoms with Crippen molar-refractivity contribution in [2.75, 3.05) is 5.73 Å². The summed E-state index contributed by atoms with van der Waals surface area (Å²) in [5, 5.41) is 0. The van der Waals surface area contributed by atoms with Crippen molar-refractivity contribution >= 4 is 11.7 Å². The summed E-state index contributed by atoms with van der Waals surface area (Å²) in [5.74, 6) is -0.544. The van der Waals surface area contributed by atoms with Gasteiger partial charge < -0.3 is 10.5 Å². The first-order valence-electron chi connectivity index (χ1n) is 5.66. The van der Waals surface area contributed by atoms with Crippen LogP contribution in [-0.4, -0.2) is 12.1 Å². The van der Waals surface area contributed by atoms with Crippen LogP contribution in [0.15, 0.2) is 18.2 Å². The summed E-state index contributed by atoms with van der Waals surface area (Å²) in [6, 6.07) is 3.83. The van der Waals surface area contributed by atoms with E-state index in [-0.39, 0.29) is 17.4 Å². The number of nitrogens with two attached hydrogens (primary N) is 1. The van der Waals surface area contributed by atoms with Crippen LogP contribution in [0.4, 0.5) is 10.1 Å². The van der Waals surface area contributed by atoms with Gasteiger partial charge in [-0.2, -0.15) is 0 Å². The largest absolute Gasteiger partial charge is 0.459 e. The molecule has 0 aliphatic heterocycles. The van der Waals surface area contributed by atoms with Gasteiger partial charge in [-0.25, -0.2) is 9.18 Å². The average Bonchev–Trinajstić information content (AvgIpc) is 2.20. The first-order chi connectivity index (χ1) is 7.90. The van der Waals surface area contributed by atoms with Crippen LogP contribution in [0.5, 0.6) is 0 Å². The number of esters is 1. The number of carbonyl (C=O) groups is 1. The van der Waals surface area contributed by atoms with E-state index in [2.05, 4.69) is 13.8 Å². The molecule has 1 unspecified atom stereocenters. The number of halogens is 1. The van der Waals surface area contributed by atoms with Gasteiger partial charge in [-0.15, -0.1) is 0 Å². The molecule has 0 fully saturated rings. The Morgan fingerprint density at radius 3 is 2.59 bits per heavy atom.